The van der Waals surface area contributed by atoms with Crippen LogP contribution in [0.4, 0.5) is 11.4 Å². The first-order valence-electron chi connectivity index (χ1n) is 6.96. The van der Waals surface area contributed by atoms with Crippen LogP contribution in [-0.2, 0) is 0 Å². The van der Waals surface area contributed by atoms with E-state index in [9.17, 15) is 10.5 Å². The van der Waals surface area contributed by atoms with Crippen molar-refractivity contribution in [3.63, 3.8) is 0 Å². The Kier molecular flexibility index (Phi) is 4.67. The van der Waals surface area contributed by atoms with E-state index in [4.69, 9.17) is 10.5 Å². The minimum atomic E-state index is 0.347. The zero-order chi connectivity index (χ0) is 17.7. The van der Waals surface area contributed by atoms with Gasteiger partial charge in [0.25, 0.3) is 0 Å². The molecular formula is C18H12N6. The van der Waals surface area contributed by atoms with Gasteiger partial charge < -0.3 is 0 Å². The van der Waals surface area contributed by atoms with Crippen LogP contribution in [0.5, 0.6) is 0 Å². The van der Waals surface area contributed by atoms with Crippen molar-refractivity contribution in [1.82, 2.24) is 0 Å². The van der Waals surface area contributed by atoms with Crippen molar-refractivity contribution in [3.05, 3.63) is 57.6 Å². The molecule has 0 spiro atoms. The Morgan fingerprint density at radius 1 is 0.750 bits per heavy atom. The van der Waals surface area contributed by atoms with Crippen molar-refractivity contribution in [2.45, 2.75) is 13.8 Å². The van der Waals surface area contributed by atoms with Crippen molar-refractivity contribution in [2.24, 2.45) is 0 Å². The maximum absolute atomic E-state index is 9.37. The third-order valence-corrected chi connectivity index (χ3v) is 3.60. The Hall–Kier alpha value is -4.00. The lowest BCUT2D eigenvalue weighted by Crippen LogP contribution is -2.12. The van der Waals surface area contributed by atoms with Crippen LogP contribution in [0.25, 0.3) is 0 Å². The fourth-order valence-electron chi connectivity index (χ4n) is 2.35. The lowest BCUT2D eigenvalue weighted by atomic mass is 9.97. The van der Waals surface area contributed by atoms with Gasteiger partial charge in [-0.15, -0.1) is 0 Å². The zero-order valence-corrected chi connectivity index (χ0v) is 13.1. The summed E-state index contributed by atoms with van der Waals surface area (Å²) in [4.78, 5) is 0. The largest absolute Gasteiger partial charge is 0.299 e. The van der Waals surface area contributed by atoms with Crippen LogP contribution >= 0.6 is 0 Å². The summed E-state index contributed by atoms with van der Waals surface area (Å²) in [5.74, 6) is 0. The molecule has 0 radical (unpaired) electrons. The van der Waals surface area contributed by atoms with E-state index >= 15 is 0 Å². The molecule has 0 fully saturated rings. The van der Waals surface area contributed by atoms with Crippen LogP contribution in [-0.4, -0.2) is 0 Å². The van der Waals surface area contributed by atoms with Gasteiger partial charge in [-0.1, -0.05) is 0 Å². The smallest absolute Gasteiger partial charge is 0.102 e. The van der Waals surface area contributed by atoms with Crippen LogP contribution in [0.3, 0.4) is 0 Å². The van der Waals surface area contributed by atoms with Gasteiger partial charge in [0.1, 0.15) is 12.1 Å². The molecule has 0 heterocycles. The average molecular weight is 312 g/mol. The lowest BCUT2D eigenvalue weighted by Gasteiger charge is -2.15. The van der Waals surface area contributed by atoms with Gasteiger partial charge in [0.2, 0.25) is 0 Å². The lowest BCUT2D eigenvalue weighted by molar-refractivity contribution is 1.27. The molecule has 0 unspecified atom stereocenters. The van der Waals surface area contributed by atoms with Crippen molar-refractivity contribution in [3.8, 4) is 24.3 Å². The third-order valence-electron chi connectivity index (χ3n) is 3.60. The van der Waals surface area contributed by atoms with Gasteiger partial charge in [0.15, 0.2) is 0 Å². The third kappa shape index (κ3) is 2.95. The molecule has 0 aliphatic heterocycles. The second kappa shape index (κ2) is 6.84. The van der Waals surface area contributed by atoms with Crippen LogP contribution in [0, 0.1) is 59.2 Å². The molecule has 2 N–H and O–H groups in total. The number of nitrogens with zero attached hydrogens (tertiary/aromatic N) is 4. The monoisotopic (exact) mass is 312 g/mol. The van der Waals surface area contributed by atoms with E-state index in [1.165, 1.54) is 0 Å². The zero-order valence-electron chi connectivity index (χ0n) is 13.1. The van der Waals surface area contributed by atoms with Crippen LogP contribution in [0.2, 0.25) is 0 Å². The van der Waals surface area contributed by atoms with Gasteiger partial charge in [-0.2, -0.15) is 21.0 Å². The van der Waals surface area contributed by atoms with Gasteiger partial charge in [0.05, 0.1) is 45.8 Å². The SMILES string of the molecule is Cc1cc(NNc2cc(C#N)ccc2C#N)c(C#N)c(C)c1C#N. The van der Waals surface area contributed by atoms with Crippen molar-refractivity contribution in [2.75, 3.05) is 10.9 Å². The van der Waals surface area contributed by atoms with Gasteiger partial charge in [-0.05, 0) is 49.2 Å². The molecule has 2 rings (SSSR count). The molecule has 0 atom stereocenters. The summed E-state index contributed by atoms with van der Waals surface area (Å²) < 4.78 is 0. The van der Waals surface area contributed by atoms with E-state index in [2.05, 4.69) is 23.0 Å². The normalized spacial score (nSPS) is 9.08. The fourth-order valence-corrected chi connectivity index (χ4v) is 2.35. The van der Waals surface area contributed by atoms with Gasteiger partial charge in [-0.25, -0.2) is 0 Å². The van der Waals surface area contributed by atoms with E-state index in [-0.39, 0.29) is 0 Å². The highest BCUT2D eigenvalue weighted by atomic mass is 15.4. The second-order valence-electron chi connectivity index (χ2n) is 5.07. The summed E-state index contributed by atoms with van der Waals surface area (Å²) in [5.41, 5.74) is 9.61. The molecule has 0 saturated heterocycles. The molecule has 6 heteroatoms. The molecule has 0 aromatic heterocycles. The average Bonchev–Trinajstić information content (AvgIpc) is 2.59. The number of hydrogen-bond acceptors (Lipinski definition) is 6. The molecule has 114 valence electrons. The Labute approximate surface area is 139 Å². The van der Waals surface area contributed by atoms with Crippen LogP contribution in [0.15, 0.2) is 24.3 Å². The topological polar surface area (TPSA) is 119 Å². The van der Waals surface area contributed by atoms with Crippen molar-refractivity contribution < 1.29 is 0 Å². The minimum absolute atomic E-state index is 0.347. The molecule has 2 aromatic carbocycles. The predicted molar refractivity (Wildman–Crippen MR) is 88.5 cm³/mol. The summed E-state index contributed by atoms with van der Waals surface area (Å²) in [6.07, 6.45) is 0. The number of nitrogens with one attached hydrogen (secondary N) is 2. The fraction of sp³-hybridized carbons (Fsp3) is 0.111. The second-order valence-corrected chi connectivity index (χ2v) is 5.07. The van der Waals surface area contributed by atoms with E-state index in [1.54, 1.807) is 38.1 Å². The Balaban J connectivity index is 2.42. The summed E-state index contributed by atoms with van der Waals surface area (Å²) in [6.45, 7) is 3.50. The van der Waals surface area contributed by atoms with Crippen LogP contribution < -0.4 is 10.9 Å². The van der Waals surface area contributed by atoms with Crippen LogP contribution in [0.1, 0.15) is 33.4 Å². The molecule has 0 saturated carbocycles. The number of nitriles is 4. The van der Waals surface area contributed by atoms with Gasteiger partial charge in [0, 0.05) is 0 Å². The summed E-state index contributed by atoms with van der Waals surface area (Å²) in [5, 5.41) is 36.7. The predicted octanol–water partition coefficient (Wildman–Crippen LogP) is 3.23. The Morgan fingerprint density at radius 2 is 1.42 bits per heavy atom. The highest BCUT2D eigenvalue weighted by molar-refractivity contribution is 5.70. The number of hydrogen-bond donors (Lipinski definition) is 2. The highest BCUT2D eigenvalue weighted by Crippen LogP contribution is 2.26. The first-order valence-corrected chi connectivity index (χ1v) is 6.96. The number of benzene rings is 2. The van der Waals surface area contributed by atoms with Gasteiger partial charge in [-0.3, -0.25) is 10.9 Å². The first kappa shape index (κ1) is 16.4. The molecule has 24 heavy (non-hydrogen) atoms. The van der Waals surface area contributed by atoms with E-state index in [1.807, 2.05) is 12.1 Å². The quantitative estimate of drug-likeness (QED) is 0.840. The summed E-state index contributed by atoms with van der Waals surface area (Å²) in [7, 11) is 0. The highest BCUT2D eigenvalue weighted by Gasteiger charge is 2.13. The molecule has 0 bridgehead atoms. The minimum Gasteiger partial charge on any atom is -0.299 e. The van der Waals surface area contributed by atoms with Crippen molar-refractivity contribution >= 4 is 11.4 Å². The molecule has 6 nitrogen and oxygen atoms in total. The molecule has 0 aliphatic carbocycles. The summed E-state index contributed by atoms with van der Waals surface area (Å²) in [6, 6.07) is 14.6. The van der Waals surface area contributed by atoms with E-state index in [0.29, 0.717) is 39.2 Å². The van der Waals surface area contributed by atoms with Gasteiger partial charge >= 0.3 is 0 Å². The number of rotatable bonds is 3. The Bertz CT molecular complexity index is 977. The molecular weight excluding hydrogens is 300 g/mol. The van der Waals surface area contributed by atoms with E-state index in [0.717, 1.165) is 5.56 Å². The van der Waals surface area contributed by atoms with Crippen molar-refractivity contribution in [1.29, 1.82) is 21.0 Å². The number of aryl methyl sites for hydroxylation is 1. The maximum atomic E-state index is 9.37. The number of anilines is 2. The summed E-state index contributed by atoms with van der Waals surface area (Å²) >= 11 is 0. The standard InChI is InChI=1S/C18H12N6/c1-11-5-18(16(10-22)12(2)15(11)9-21)24-23-17-6-13(7-19)3-4-14(17)8-20/h3-6,23-24H,1-2H3. The molecule has 0 aliphatic rings. The van der Waals surface area contributed by atoms with E-state index < -0.39 is 0 Å². The Morgan fingerprint density at radius 3 is 2.00 bits per heavy atom. The number of hydrazine groups is 1. The molecule has 2 aromatic rings. The molecule has 0 amide bonds. The maximum Gasteiger partial charge on any atom is 0.102 e. The first-order chi connectivity index (χ1) is 11.5.